The maximum absolute atomic E-state index is 11.8. The molecule has 0 aromatic carbocycles. The summed E-state index contributed by atoms with van der Waals surface area (Å²) in [6, 6.07) is -0.236. The van der Waals surface area contributed by atoms with Crippen molar-refractivity contribution in [2.75, 3.05) is 6.61 Å². The van der Waals surface area contributed by atoms with E-state index in [1.54, 1.807) is 7.85 Å². The van der Waals surface area contributed by atoms with Gasteiger partial charge in [0.25, 0.3) is 0 Å². The van der Waals surface area contributed by atoms with Crippen molar-refractivity contribution in [1.29, 1.82) is 0 Å². The van der Waals surface area contributed by atoms with Crippen LogP contribution in [0.2, 0.25) is 0 Å². The van der Waals surface area contributed by atoms with E-state index >= 15 is 0 Å². The van der Waals surface area contributed by atoms with Crippen molar-refractivity contribution in [2.45, 2.75) is 63.2 Å². The first kappa shape index (κ1) is 24.6. The predicted molar refractivity (Wildman–Crippen MR) is 94.7 cm³/mol. The third kappa shape index (κ3) is 8.61. The lowest BCUT2D eigenvalue weighted by molar-refractivity contribution is -0.219. The van der Waals surface area contributed by atoms with Crippen LogP contribution in [0.15, 0.2) is 0 Å². The maximum Gasteiger partial charge on any atom is 0.490 e. The molecule has 0 bridgehead atoms. The second kappa shape index (κ2) is 9.66. The Labute approximate surface area is 162 Å². The van der Waals surface area contributed by atoms with E-state index in [-0.39, 0.29) is 12.1 Å². The molecule has 0 radical (unpaired) electrons. The van der Waals surface area contributed by atoms with Crippen molar-refractivity contribution >= 4 is 31.3 Å². The Bertz CT molecular complexity index is 670. The van der Waals surface area contributed by atoms with Gasteiger partial charge in [0.1, 0.15) is 14.0 Å². The molecule has 17 heteroatoms. The van der Waals surface area contributed by atoms with Crippen molar-refractivity contribution < 1.29 is 60.6 Å². The van der Waals surface area contributed by atoms with Gasteiger partial charge >= 0.3 is 23.5 Å². The van der Waals surface area contributed by atoms with Crippen LogP contribution in [0.1, 0.15) is 32.6 Å². The van der Waals surface area contributed by atoms with E-state index in [1.165, 1.54) is 0 Å². The third-order valence-corrected chi connectivity index (χ3v) is 7.77. The van der Waals surface area contributed by atoms with E-state index in [1.807, 2.05) is 6.92 Å². The molecule has 2 fully saturated rings. The minimum Gasteiger partial charge on any atom is -0.379 e. The summed E-state index contributed by atoms with van der Waals surface area (Å²) < 4.78 is 62.8. The Morgan fingerprint density at radius 2 is 1.71 bits per heavy atom. The van der Waals surface area contributed by atoms with Gasteiger partial charge in [-0.2, -0.15) is 8.62 Å². The fraction of sp³-hybridized carbons (Fsp3) is 1.00. The minimum absolute atomic E-state index is 0.0481. The zero-order chi connectivity index (χ0) is 21.2. The molecule has 0 saturated carbocycles. The predicted octanol–water partition coefficient (Wildman–Crippen LogP) is 0.378. The monoisotopic (exact) mass is 468 g/mol. The number of hydrogen-bond donors (Lipinski definition) is 4. The van der Waals surface area contributed by atoms with E-state index in [0.29, 0.717) is 12.8 Å². The van der Waals surface area contributed by atoms with Crippen molar-refractivity contribution in [1.82, 2.24) is 0 Å². The van der Waals surface area contributed by atoms with Crippen molar-refractivity contribution in [3.05, 3.63) is 0 Å². The molecule has 7 atom stereocenters. The number of rotatable bonds is 9. The van der Waals surface area contributed by atoms with E-state index < -0.39 is 48.6 Å². The number of hydrogen-bond acceptors (Lipinski definition) is 9. The van der Waals surface area contributed by atoms with Gasteiger partial charge in [-0.15, -0.1) is 0 Å². The van der Waals surface area contributed by atoms with Crippen LogP contribution in [0.4, 0.5) is 0 Å². The standard InChI is InChI=1S/C11H24BO13P3/c1-7-3-2-4-11(21-7)23-8-5-10(12)22-9(8)6-20-27(16,17)25-28(18,19)24-26(13,14)15/h7-11H,2-6,12H2,1H3,(H,16,17)(H,18,19)(H2,13,14,15). The van der Waals surface area contributed by atoms with Gasteiger partial charge in [0.15, 0.2) is 6.29 Å². The Hall–Kier alpha value is 0.355. The van der Waals surface area contributed by atoms with Gasteiger partial charge in [-0.3, -0.25) is 4.52 Å². The number of phosphoric acid groups is 3. The smallest absolute Gasteiger partial charge is 0.379 e. The molecule has 0 spiro atoms. The van der Waals surface area contributed by atoms with Gasteiger partial charge in [0.2, 0.25) is 0 Å². The molecule has 2 saturated heterocycles. The van der Waals surface area contributed by atoms with Gasteiger partial charge in [-0.1, -0.05) is 0 Å². The zero-order valence-electron chi connectivity index (χ0n) is 15.2. The summed E-state index contributed by atoms with van der Waals surface area (Å²) in [7, 11) is -14.4. The SMILES string of the molecule is BC1CC(OC2CCCC(C)O2)C(COP(=O)(O)OP(=O)(O)OP(=O)(O)O)O1. The Morgan fingerprint density at radius 3 is 2.32 bits per heavy atom. The quantitative estimate of drug-likeness (QED) is 0.269. The van der Waals surface area contributed by atoms with Crippen LogP contribution in [0.3, 0.4) is 0 Å². The molecule has 2 aliphatic rings. The lowest BCUT2D eigenvalue weighted by Crippen LogP contribution is -2.36. The molecule has 0 aromatic heterocycles. The highest BCUT2D eigenvalue weighted by molar-refractivity contribution is 7.66. The van der Waals surface area contributed by atoms with E-state index in [2.05, 4.69) is 13.1 Å². The summed E-state index contributed by atoms with van der Waals surface area (Å²) in [6.45, 7) is 1.39. The van der Waals surface area contributed by atoms with E-state index in [0.717, 1.165) is 12.8 Å². The summed E-state index contributed by atoms with van der Waals surface area (Å²) in [5.41, 5.74) is 0. The van der Waals surface area contributed by atoms with Crippen LogP contribution in [-0.2, 0) is 41.1 Å². The lowest BCUT2D eigenvalue weighted by Gasteiger charge is -2.31. The summed E-state index contributed by atoms with van der Waals surface area (Å²) in [5, 5.41) is 0. The van der Waals surface area contributed by atoms with Crippen molar-refractivity contribution in [2.24, 2.45) is 0 Å². The fourth-order valence-electron chi connectivity index (χ4n) is 2.94. The van der Waals surface area contributed by atoms with Gasteiger partial charge in [-0.05, 0) is 32.6 Å². The molecule has 0 amide bonds. The van der Waals surface area contributed by atoms with Crippen LogP contribution in [0.25, 0.3) is 0 Å². The van der Waals surface area contributed by atoms with Gasteiger partial charge < -0.3 is 33.8 Å². The molecule has 164 valence electrons. The van der Waals surface area contributed by atoms with Gasteiger partial charge in [-0.25, -0.2) is 13.7 Å². The molecule has 13 nitrogen and oxygen atoms in total. The number of phosphoric ester groups is 1. The van der Waals surface area contributed by atoms with Crippen molar-refractivity contribution in [3.63, 3.8) is 0 Å². The zero-order valence-corrected chi connectivity index (χ0v) is 17.9. The first-order chi connectivity index (χ1) is 12.7. The first-order valence-corrected chi connectivity index (χ1v) is 13.0. The van der Waals surface area contributed by atoms with Crippen LogP contribution in [0, 0.1) is 0 Å². The molecule has 28 heavy (non-hydrogen) atoms. The Morgan fingerprint density at radius 1 is 1.04 bits per heavy atom. The van der Waals surface area contributed by atoms with Crippen LogP contribution in [0.5, 0.6) is 0 Å². The average molecular weight is 468 g/mol. The topological polar surface area (TPSA) is 188 Å². The molecule has 4 N–H and O–H groups in total. The summed E-state index contributed by atoms with van der Waals surface area (Å²) >= 11 is 0. The molecular formula is C11H24BO13P3. The summed E-state index contributed by atoms with van der Waals surface area (Å²) in [5.74, 6) is 0. The van der Waals surface area contributed by atoms with E-state index in [9.17, 15) is 18.6 Å². The molecule has 2 heterocycles. The fourth-order valence-corrected chi connectivity index (χ4v) is 5.97. The maximum atomic E-state index is 11.8. The molecular weight excluding hydrogens is 444 g/mol. The van der Waals surface area contributed by atoms with Crippen molar-refractivity contribution in [3.8, 4) is 0 Å². The molecule has 2 rings (SSSR count). The molecule has 2 aliphatic heterocycles. The Kier molecular flexibility index (Phi) is 8.49. The highest BCUT2D eigenvalue weighted by atomic mass is 31.3. The van der Waals surface area contributed by atoms with Crippen LogP contribution in [-0.4, -0.2) is 64.6 Å². The van der Waals surface area contributed by atoms with Gasteiger partial charge in [0, 0.05) is 6.00 Å². The Balaban J connectivity index is 1.90. The number of ether oxygens (including phenoxy) is 3. The minimum atomic E-state index is -5.55. The largest absolute Gasteiger partial charge is 0.490 e. The summed E-state index contributed by atoms with van der Waals surface area (Å²) in [6.07, 6.45) is 1.31. The van der Waals surface area contributed by atoms with Crippen LogP contribution < -0.4 is 0 Å². The molecule has 7 unspecified atom stereocenters. The third-order valence-electron chi connectivity index (χ3n) is 3.96. The molecule has 0 aromatic rings. The molecule has 0 aliphatic carbocycles. The van der Waals surface area contributed by atoms with Gasteiger partial charge in [0.05, 0.1) is 18.8 Å². The highest BCUT2D eigenvalue weighted by Gasteiger charge is 2.43. The highest BCUT2D eigenvalue weighted by Crippen LogP contribution is 2.66. The summed E-state index contributed by atoms with van der Waals surface area (Å²) in [4.78, 5) is 35.7. The average Bonchev–Trinajstić information content (AvgIpc) is 2.81. The van der Waals surface area contributed by atoms with Crippen LogP contribution >= 0.6 is 23.5 Å². The van der Waals surface area contributed by atoms with E-state index in [4.69, 9.17) is 28.9 Å². The normalized spacial score (nSPS) is 36.0. The second-order valence-corrected chi connectivity index (χ2v) is 11.0. The second-order valence-electron chi connectivity index (χ2n) is 6.59. The first-order valence-electron chi connectivity index (χ1n) is 8.49. The lowest BCUT2D eigenvalue weighted by atomic mass is 9.96.